The van der Waals surface area contributed by atoms with E-state index in [4.69, 9.17) is 8.83 Å². The molecule has 1 aliphatic rings. The number of fused-ring (bicyclic) bond motifs is 2. The maximum absolute atomic E-state index is 13.6. The largest absolute Gasteiger partial charge is 0.467 e. The second kappa shape index (κ2) is 7.19. The summed E-state index contributed by atoms with van der Waals surface area (Å²) in [5.74, 6) is 0.00392. The molecule has 2 aromatic heterocycles. The van der Waals surface area contributed by atoms with Crippen LogP contribution in [0.5, 0.6) is 0 Å². The van der Waals surface area contributed by atoms with E-state index < -0.39 is 16.9 Å². The monoisotopic (exact) mass is 430 g/mol. The Balaban J connectivity index is 1.77. The Bertz CT molecular complexity index is 1450. The van der Waals surface area contributed by atoms with Gasteiger partial charge in [-0.1, -0.05) is 12.1 Å². The molecule has 0 saturated carbocycles. The summed E-state index contributed by atoms with van der Waals surface area (Å²) in [7, 11) is 0. The summed E-state index contributed by atoms with van der Waals surface area (Å²) in [6, 6.07) is 12.0. The Morgan fingerprint density at radius 3 is 2.56 bits per heavy atom. The van der Waals surface area contributed by atoms with Crippen molar-refractivity contribution < 1.29 is 18.6 Å². The van der Waals surface area contributed by atoms with E-state index in [-0.39, 0.29) is 29.0 Å². The predicted molar refractivity (Wildman–Crippen MR) is 115 cm³/mol. The van der Waals surface area contributed by atoms with E-state index in [0.29, 0.717) is 22.3 Å². The van der Waals surface area contributed by atoms with Crippen LogP contribution < -0.4 is 5.43 Å². The molecule has 5 rings (SSSR count). The number of hydrogen-bond donors (Lipinski definition) is 0. The fourth-order valence-electron chi connectivity index (χ4n) is 4.16. The zero-order valence-corrected chi connectivity index (χ0v) is 17.3. The van der Waals surface area contributed by atoms with Crippen molar-refractivity contribution in [1.82, 2.24) is 4.90 Å². The summed E-state index contributed by atoms with van der Waals surface area (Å²) >= 11 is 0. The smallest absolute Gasteiger partial charge is 0.291 e. The average Bonchev–Trinajstić information content (AvgIpc) is 3.37. The topological polar surface area (TPSA) is 107 Å². The molecule has 0 bridgehead atoms. The molecule has 0 saturated heterocycles. The number of hydrogen-bond acceptors (Lipinski definition) is 6. The number of rotatable bonds is 4. The van der Waals surface area contributed by atoms with Crippen molar-refractivity contribution in [1.29, 1.82) is 0 Å². The molecular weight excluding hydrogens is 412 g/mol. The lowest BCUT2D eigenvalue weighted by Gasteiger charge is -2.24. The first kappa shape index (κ1) is 19.7. The second-order valence-corrected chi connectivity index (χ2v) is 7.87. The van der Waals surface area contributed by atoms with Crippen molar-refractivity contribution in [3.63, 3.8) is 0 Å². The van der Waals surface area contributed by atoms with Gasteiger partial charge < -0.3 is 13.7 Å². The van der Waals surface area contributed by atoms with Gasteiger partial charge in [-0.05, 0) is 54.8 Å². The lowest BCUT2D eigenvalue weighted by molar-refractivity contribution is -0.384. The molecule has 1 aliphatic heterocycles. The van der Waals surface area contributed by atoms with Gasteiger partial charge in [-0.15, -0.1) is 0 Å². The third-order valence-corrected chi connectivity index (χ3v) is 5.89. The molecular formula is C24H18N2O6. The Hall–Kier alpha value is -4.20. The molecule has 0 radical (unpaired) electrons. The highest BCUT2D eigenvalue weighted by Crippen LogP contribution is 2.40. The van der Waals surface area contributed by atoms with Gasteiger partial charge in [-0.2, -0.15) is 0 Å². The first-order valence-corrected chi connectivity index (χ1v) is 10.0. The van der Waals surface area contributed by atoms with Gasteiger partial charge in [-0.25, -0.2) is 0 Å². The average molecular weight is 430 g/mol. The first-order chi connectivity index (χ1) is 15.3. The number of nitrogens with zero attached hydrogens (tertiary/aromatic N) is 2. The van der Waals surface area contributed by atoms with Crippen LogP contribution >= 0.6 is 0 Å². The zero-order chi connectivity index (χ0) is 22.6. The molecule has 8 heteroatoms. The number of furan rings is 1. The van der Waals surface area contributed by atoms with Crippen molar-refractivity contribution >= 4 is 22.6 Å². The Kier molecular flexibility index (Phi) is 4.44. The maximum Gasteiger partial charge on any atom is 0.291 e. The van der Waals surface area contributed by atoms with Crippen LogP contribution in [0, 0.1) is 24.0 Å². The lowest BCUT2D eigenvalue weighted by Crippen LogP contribution is -2.29. The molecule has 160 valence electrons. The number of carbonyl (C=O) groups is 1. The minimum atomic E-state index is -0.843. The van der Waals surface area contributed by atoms with E-state index in [1.165, 1.54) is 29.4 Å². The fraction of sp³-hybridized carbons (Fsp3) is 0.167. The summed E-state index contributed by atoms with van der Waals surface area (Å²) in [5, 5.41) is 11.7. The predicted octanol–water partition coefficient (Wildman–Crippen LogP) is 4.66. The quantitative estimate of drug-likeness (QED) is 0.344. The minimum absolute atomic E-state index is 0.0474. The van der Waals surface area contributed by atoms with Gasteiger partial charge in [0.25, 0.3) is 11.6 Å². The SMILES string of the molecule is Cc1cc2oc3c(c(=O)c2cc1C)[C@H](c1cccc([N+](=O)[O-])c1)N(Cc1ccco1)C3=O. The molecule has 8 nitrogen and oxygen atoms in total. The van der Waals surface area contributed by atoms with Gasteiger partial charge in [0.2, 0.25) is 5.76 Å². The number of aryl methyl sites for hydroxylation is 2. The third kappa shape index (κ3) is 2.99. The third-order valence-electron chi connectivity index (χ3n) is 5.89. The maximum atomic E-state index is 13.6. The van der Waals surface area contributed by atoms with Crippen molar-refractivity contribution in [2.45, 2.75) is 26.4 Å². The van der Waals surface area contributed by atoms with Crippen molar-refractivity contribution in [3.8, 4) is 0 Å². The summed E-state index contributed by atoms with van der Waals surface area (Å²) in [4.78, 5) is 39.3. The van der Waals surface area contributed by atoms with Crippen LogP contribution in [0.25, 0.3) is 11.0 Å². The van der Waals surface area contributed by atoms with E-state index in [0.717, 1.165) is 11.1 Å². The van der Waals surface area contributed by atoms with Gasteiger partial charge in [0.05, 0.1) is 34.7 Å². The summed E-state index contributed by atoms with van der Waals surface area (Å²) in [6.07, 6.45) is 1.49. The van der Waals surface area contributed by atoms with Crippen LogP contribution in [0.3, 0.4) is 0 Å². The summed E-state index contributed by atoms with van der Waals surface area (Å²) in [5.41, 5.74) is 2.38. The van der Waals surface area contributed by atoms with E-state index in [9.17, 15) is 19.7 Å². The molecule has 3 heterocycles. The molecule has 0 spiro atoms. The summed E-state index contributed by atoms with van der Waals surface area (Å²) in [6.45, 7) is 3.88. The van der Waals surface area contributed by atoms with Crippen LogP contribution in [-0.2, 0) is 6.54 Å². The van der Waals surface area contributed by atoms with Gasteiger partial charge in [-0.3, -0.25) is 19.7 Å². The van der Waals surface area contributed by atoms with Crippen LogP contribution in [-0.4, -0.2) is 15.7 Å². The second-order valence-electron chi connectivity index (χ2n) is 7.87. The van der Waals surface area contributed by atoms with Crippen molar-refractivity contribution in [3.05, 3.63) is 109 Å². The van der Waals surface area contributed by atoms with Gasteiger partial charge >= 0.3 is 0 Å². The van der Waals surface area contributed by atoms with Crippen molar-refractivity contribution in [2.75, 3.05) is 0 Å². The van der Waals surface area contributed by atoms with Crippen LogP contribution in [0.15, 0.2) is 68.4 Å². The number of carbonyl (C=O) groups excluding carboxylic acids is 1. The summed E-state index contributed by atoms with van der Waals surface area (Å²) < 4.78 is 11.4. The number of nitro groups is 1. The normalized spacial score (nSPS) is 15.4. The molecule has 0 unspecified atom stereocenters. The number of amides is 1. The Morgan fingerprint density at radius 1 is 1.06 bits per heavy atom. The van der Waals surface area contributed by atoms with E-state index >= 15 is 0 Å². The van der Waals surface area contributed by atoms with E-state index in [2.05, 4.69) is 0 Å². The molecule has 0 aliphatic carbocycles. The molecule has 32 heavy (non-hydrogen) atoms. The lowest BCUT2D eigenvalue weighted by atomic mass is 9.97. The number of non-ortho nitro benzene ring substituents is 1. The van der Waals surface area contributed by atoms with E-state index in [1.54, 1.807) is 30.3 Å². The highest BCUT2D eigenvalue weighted by atomic mass is 16.6. The number of benzene rings is 2. The molecule has 1 amide bonds. The van der Waals surface area contributed by atoms with Crippen LogP contribution in [0.4, 0.5) is 5.69 Å². The van der Waals surface area contributed by atoms with Crippen LogP contribution in [0.2, 0.25) is 0 Å². The Labute approximate surface area is 181 Å². The fourth-order valence-corrected chi connectivity index (χ4v) is 4.16. The molecule has 0 fully saturated rings. The van der Waals surface area contributed by atoms with Gasteiger partial charge in [0.15, 0.2) is 5.43 Å². The van der Waals surface area contributed by atoms with Crippen LogP contribution in [0.1, 0.15) is 44.6 Å². The molecule has 1 atom stereocenters. The first-order valence-electron chi connectivity index (χ1n) is 10.0. The standard InChI is InChI=1S/C24H18N2O6/c1-13-9-18-19(10-14(13)2)32-23-20(22(18)27)21(15-5-3-6-16(11-15)26(29)30)25(24(23)28)12-17-7-4-8-31-17/h3-11,21H,12H2,1-2H3/t21-/m0/s1. The van der Waals surface area contributed by atoms with Gasteiger partial charge in [0, 0.05) is 12.1 Å². The molecule has 2 aromatic carbocycles. The molecule has 4 aromatic rings. The highest BCUT2D eigenvalue weighted by molar-refractivity contribution is 5.99. The van der Waals surface area contributed by atoms with Gasteiger partial charge in [0.1, 0.15) is 11.3 Å². The Morgan fingerprint density at radius 2 is 1.84 bits per heavy atom. The van der Waals surface area contributed by atoms with E-state index in [1.807, 2.05) is 13.8 Å². The number of nitro benzene ring substituents is 1. The minimum Gasteiger partial charge on any atom is -0.467 e. The molecule has 0 N–H and O–H groups in total. The highest BCUT2D eigenvalue weighted by Gasteiger charge is 2.43. The zero-order valence-electron chi connectivity index (χ0n) is 17.3. The van der Waals surface area contributed by atoms with Crippen molar-refractivity contribution in [2.24, 2.45) is 0 Å².